The molecule has 0 fully saturated rings. The van der Waals surface area contributed by atoms with Crippen LogP contribution in [0, 0.1) is 0 Å². The lowest BCUT2D eigenvalue weighted by atomic mass is 10.4. The molecule has 0 aliphatic rings. The van der Waals surface area contributed by atoms with Crippen LogP contribution in [0.25, 0.3) is 0 Å². The Hall–Kier alpha value is 0.0169. The van der Waals surface area contributed by atoms with Gasteiger partial charge in [0.25, 0.3) is 0 Å². The molecule has 3 heteroatoms. The minimum absolute atomic E-state index is 0.151. The third-order valence-electron chi connectivity index (χ3n) is 1.23. The zero-order valence-corrected chi connectivity index (χ0v) is 8.35. The third kappa shape index (κ3) is 2.73. The number of rotatable bonds is 2. The Morgan fingerprint density at radius 1 is 1.10 bits per heavy atom. The normalized spacial score (nSPS) is 11.5. The van der Waals surface area contributed by atoms with Crippen LogP contribution in [0.3, 0.4) is 0 Å². The zero-order chi connectivity index (χ0) is 7.40. The number of halogens is 2. The molecule has 0 aliphatic heterocycles. The predicted molar refractivity (Wildman–Crippen MR) is 50.1 cm³/mol. The van der Waals surface area contributed by atoms with Gasteiger partial charge in [0.05, 0.1) is 14.0 Å². The molecule has 0 bridgehead atoms. The zero-order valence-electron chi connectivity index (χ0n) is 5.43. The molecule has 0 saturated carbocycles. The molecule has 0 atom stereocenters. The van der Waals surface area contributed by atoms with Crippen molar-refractivity contribution in [3.63, 3.8) is 0 Å². The summed E-state index contributed by atoms with van der Waals surface area (Å²) < 4.78 is -0.151. The van der Waals surface area contributed by atoms with Gasteiger partial charge in [-0.15, -0.1) is 23.2 Å². The van der Waals surface area contributed by atoms with E-state index in [9.17, 15) is 0 Å². The van der Waals surface area contributed by atoms with Crippen LogP contribution in [0.1, 0.15) is 0 Å². The van der Waals surface area contributed by atoms with Crippen LogP contribution in [-0.2, 0) is 0 Å². The molecule has 1 aromatic rings. The van der Waals surface area contributed by atoms with Gasteiger partial charge < -0.3 is 0 Å². The molecule has 0 N–H and O–H groups in total. The summed E-state index contributed by atoms with van der Waals surface area (Å²) in [6, 6.07) is 10.2. The van der Waals surface area contributed by atoms with Crippen LogP contribution < -0.4 is 5.19 Å². The molecule has 0 aliphatic carbocycles. The summed E-state index contributed by atoms with van der Waals surface area (Å²) in [5, 5.41) is 1.32. The van der Waals surface area contributed by atoms with Crippen molar-refractivity contribution >= 4 is 37.9 Å². The van der Waals surface area contributed by atoms with E-state index < -0.39 is 9.52 Å². The molecule has 0 amide bonds. The quantitative estimate of drug-likeness (QED) is 0.487. The van der Waals surface area contributed by atoms with Gasteiger partial charge in [-0.3, -0.25) is 0 Å². The van der Waals surface area contributed by atoms with Gasteiger partial charge in [-0.1, -0.05) is 35.5 Å². The van der Waals surface area contributed by atoms with E-state index in [2.05, 4.69) is 12.1 Å². The van der Waals surface area contributed by atoms with Crippen molar-refractivity contribution in [2.75, 3.05) is 0 Å². The van der Waals surface area contributed by atoms with E-state index in [-0.39, 0.29) is 4.46 Å². The van der Waals surface area contributed by atoms with Crippen molar-refractivity contribution in [1.29, 1.82) is 0 Å². The van der Waals surface area contributed by atoms with E-state index in [1.54, 1.807) is 0 Å². The molecule has 0 spiro atoms. The molecule has 1 aromatic carbocycles. The summed E-state index contributed by atoms with van der Waals surface area (Å²) in [6.45, 7) is 0. The Balaban J connectivity index is 2.59. The van der Waals surface area contributed by atoms with Crippen molar-refractivity contribution in [2.45, 2.75) is 4.46 Å². The SMILES string of the molecule is ClC(Cl)[SiH2]c1ccccc1. The Labute approximate surface area is 73.0 Å². The standard InChI is InChI=1S/C7H8Cl2Si/c8-7(9)10-6-4-2-1-3-5-6/h1-5,7H,10H2. The van der Waals surface area contributed by atoms with Gasteiger partial charge >= 0.3 is 0 Å². The maximum absolute atomic E-state index is 5.64. The number of hydrogen-bond acceptors (Lipinski definition) is 0. The molecule has 0 aromatic heterocycles. The van der Waals surface area contributed by atoms with E-state index in [1.807, 2.05) is 18.2 Å². The molecular formula is C7H8Cl2Si. The molecule has 54 valence electrons. The molecule has 0 saturated heterocycles. The molecule has 0 unspecified atom stereocenters. The molecule has 1 rings (SSSR count). The van der Waals surface area contributed by atoms with Crippen LogP contribution in [0.2, 0.25) is 0 Å². The van der Waals surface area contributed by atoms with Crippen LogP contribution in [0.15, 0.2) is 30.3 Å². The smallest absolute Gasteiger partial charge is 0.0957 e. The highest BCUT2D eigenvalue weighted by atomic mass is 35.5. The Morgan fingerprint density at radius 2 is 1.70 bits per heavy atom. The van der Waals surface area contributed by atoms with E-state index in [0.29, 0.717) is 0 Å². The lowest BCUT2D eigenvalue weighted by Gasteiger charge is -1.97. The highest BCUT2D eigenvalue weighted by molar-refractivity contribution is 6.75. The van der Waals surface area contributed by atoms with E-state index in [4.69, 9.17) is 23.2 Å². The fraction of sp³-hybridized carbons (Fsp3) is 0.143. The van der Waals surface area contributed by atoms with Crippen LogP contribution in [0.5, 0.6) is 0 Å². The second-order valence-electron chi connectivity index (χ2n) is 2.08. The minimum Gasteiger partial charge on any atom is -0.110 e. The highest BCUT2D eigenvalue weighted by Gasteiger charge is 1.99. The van der Waals surface area contributed by atoms with Gasteiger partial charge in [0.1, 0.15) is 0 Å². The van der Waals surface area contributed by atoms with Crippen molar-refractivity contribution in [1.82, 2.24) is 0 Å². The van der Waals surface area contributed by atoms with Gasteiger partial charge in [-0.2, -0.15) is 0 Å². The van der Waals surface area contributed by atoms with Crippen molar-refractivity contribution in [3.05, 3.63) is 30.3 Å². The van der Waals surface area contributed by atoms with Crippen LogP contribution >= 0.6 is 23.2 Å². The lowest BCUT2D eigenvalue weighted by Crippen LogP contribution is -2.19. The van der Waals surface area contributed by atoms with Gasteiger partial charge in [-0.25, -0.2) is 0 Å². The predicted octanol–water partition coefficient (Wildman–Crippen LogP) is 1.24. The summed E-state index contributed by atoms with van der Waals surface area (Å²) in [5.41, 5.74) is 0. The van der Waals surface area contributed by atoms with Crippen molar-refractivity contribution < 1.29 is 0 Å². The largest absolute Gasteiger partial charge is 0.110 e. The fourth-order valence-electron chi connectivity index (χ4n) is 0.792. The molecule has 0 heterocycles. The summed E-state index contributed by atoms with van der Waals surface area (Å²) in [6.07, 6.45) is 0. The highest BCUT2D eigenvalue weighted by Crippen LogP contribution is 1.97. The number of hydrogen-bond donors (Lipinski definition) is 0. The first kappa shape index (κ1) is 8.12. The Bertz CT molecular complexity index is 186. The van der Waals surface area contributed by atoms with Gasteiger partial charge in [-0.05, 0) is 0 Å². The van der Waals surface area contributed by atoms with Crippen molar-refractivity contribution in [3.8, 4) is 0 Å². The maximum Gasteiger partial charge on any atom is 0.0957 e. The number of benzene rings is 1. The van der Waals surface area contributed by atoms with Crippen molar-refractivity contribution in [2.24, 2.45) is 0 Å². The first-order valence-corrected chi connectivity index (χ1v) is 5.51. The molecule has 10 heavy (non-hydrogen) atoms. The fourth-order valence-corrected chi connectivity index (χ4v) is 2.76. The minimum atomic E-state index is -0.446. The van der Waals surface area contributed by atoms with E-state index in [1.165, 1.54) is 5.19 Å². The number of alkyl halides is 2. The monoisotopic (exact) mass is 190 g/mol. The van der Waals surface area contributed by atoms with Gasteiger partial charge in [0, 0.05) is 0 Å². The average molecular weight is 191 g/mol. The Morgan fingerprint density at radius 3 is 2.20 bits per heavy atom. The Kier molecular flexibility index (Phi) is 3.26. The first-order valence-electron chi connectivity index (χ1n) is 3.11. The second-order valence-corrected chi connectivity index (χ2v) is 6.43. The maximum atomic E-state index is 5.64. The van der Waals surface area contributed by atoms with Crippen LogP contribution in [-0.4, -0.2) is 14.0 Å². The van der Waals surface area contributed by atoms with Gasteiger partial charge in [0.15, 0.2) is 0 Å². The summed E-state index contributed by atoms with van der Waals surface area (Å²) in [4.78, 5) is 0. The average Bonchev–Trinajstić information content (AvgIpc) is 1.88. The van der Waals surface area contributed by atoms with E-state index in [0.717, 1.165) is 0 Å². The van der Waals surface area contributed by atoms with Crippen LogP contribution in [0.4, 0.5) is 0 Å². The first-order chi connectivity index (χ1) is 4.79. The lowest BCUT2D eigenvalue weighted by molar-refractivity contribution is 1.75. The molecule has 0 radical (unpaired) electrons. The summed E-state index contributed by atoms with van der Waals surface area (Å²) in [5.74, 6) is 0. The van der Waals surface area contributed by atoms with E-state index >= 15 is 0 Å². The van der Waals surface area contributed by atoms with Gasteiger partial charge in [0.2, 0.25) is 0 Å². The molecule has 0 nitrogen and oxygen atoms in total. The second kappa shape index (κ2) is 4.01. The third-order valence-corrected chi connectivity index (χ3v) is 3.41. The molecular weight excluding hydrogens is 183 g/mol. The topological polar surface area (TPSA) is 0 Å². The summed E-state index contributed by atoms with van der Waals surface area (Å²) in [7, 11) is -0.446. The summed E-state index contributed by atoms with van der Waals surface area (Å²) >= 11 is 11.3.